The molecule has 17 heavy (non-hydrogen) atoms. The number of hydrogen-bond acceptors (Lipinski definition) is 6. The molecule has 0 aliphatic heterocycles. The molecule has 0 aliphatic carbocycles. The minimum absolute atomic E-state index is 0.260. The maximum atomic E-state index is 5.85. The van der Waals surface area contributed by atoms with E-state index in [1.54, 1.807) is 6.07 Å². The van der Waals surface area contributed by atoms with E-state index in [2.05, 4.69) is 34.3 Å². The fraction of sp³-hybridized carbons (Fsp3) is 0.364. The predicted molar refractivity (Wildman–Crippen MR) is 64.4 cm³/mol. The monoisotopic (exact) mass is 233 g/mol. The predicted octanol–water partition coefficient (Wildman–Crippen LogP) is 1.78. The third kappa shape index (κ3) is 2.52. The Hall–Kier alpha value is -2.11. The van der Waals surface area contributed by atoms with Gasteiger partial charge in [-0.3, -0.25) is 0 Å². The average Bonchev–Trinajstić information content (AvgIpc) is 2.78. The van der Waals surface area contributed by atoms with E-state index in [9.17, 15) is 0 Å². The van der Waals surface area contributed by atoms with Crippen LogP contribution >= 0.6 is 0 Å². The quantitative estimate of drug-likeness (QED) is 0.836. The Bertz CT molecular complexity index is 481. The van der Waals surface area contributed by atoms with Crippen molar-refractivity contribution in [2.45, 2.75) is 26.3 Å². The molecule has 0 bridgehead atoms. The standard InChI is InChI=1S/C11H15N5O/c1-7(2)9-10(12)14-6-15-11(9)13-5-8-3-4-17-16-8/h3-4,6-7H,5H2,1-2H3,(H3,12,13,14,15). The Labute approximate surface area is 99.2 Å². The summed E-state index contributed by atoms with van der Waals surface area (Å²) >= 11 is 0. The van der Waals surface area contributed by atoms with E-state index in [1.807, 2.05) is 0 Å². The third-order valence-electron chi connectivity index (χ3n) is 2.42. The van der Waals surface area contributed by atoms with Gasteiger partial charge in [-0.05, 0) is 5.92 Å². The van der Waals surface area contributed by atoms with Crippen LogP contribution < -0.4 is 11.1 Å². The summed E-state index contributed by atoms with van der Waals surface area (Å²) in [5.41, 5.74) is 7.59. The molecule has 2 aromatic heterocycles. The van der Waals surface area contributed by atoms with Crippen molar-refractivity contribution in [1.82, 2.24) is 15.1 Å². The molecule has 0 unspecified atom stereocenters. The highest BCUT2D eigenvalue weighted by atomic mass is 16.5. The van der Waals surface area contributed by atoms with Gasteiger partial charge in [0.05, 0.1) is 6.54 Å². The lowest BCUT2D eigenvalue weighted by Gasteiger charge is -2.13. The van der Waals surface area contributed by atoms with Gasteiger partial charge in [0.25, 0.3) is 0 Å². The maximum Gasteiger partial charge on any atom is 0.135 e. The van der Waals surface area contributed by atoms with Crippen molar-refractivity contribution < 1.29 is 4.52 Å². The minimum atomic E-state index is 0.260. The van der Waals surface area contributed by atoms with Gasteiger partial charge in [-0.15, -0.1) is 0 Å². The molecule has 0 radical (unpaired) electrons. The van der Waals surface area contributed by atoms with Crippen LogP contribution in [-0.4, -0.2) is 15.1 Å². The molecule has 2 heterocycles. The highest BCUT2D eigenvalue weighted by molar-refractivity contribution is 5.56. The van der Waals surface area contributed by atoms with Crippen LogP contribution in [0.2, 0.25) is 0 Å². The first-order valence-electron chi connectivity index (χ1n) is 5.42. The molecule has 0 aromatic carbocycles. The van der Waals surface area contributed by atoms with Crippen molar-refractivity contribution in [2.24, 2.45) is 0 Å². The SMILES string of the molecule is CC(C)c1c(N)ncnc1NCc1ccon1. The van der Waals surface area contributed by atoms with Crippen LogP contribution in [0.1, 0.15) is 31.0 Å². The second-order valence-corrected chi connectivity index (χ2v) is 4.02. The molecule has 2 aromatic rings. The summed E-state index contributed by atoms with van der Waals surface area (Å²) < 4.78 is 4.76. The number of hydrogen-bond donors (Lipinski definition) is 2. The topological polar surface area (TPSA) is 89.9 Å². The molecule has 0 saturated heterocycles. The van der Waals surface area contributed by atoms with E-state index >= 15 is 0 Å². The minimum Gasteiger partial charge on any atom is -0.383 e. The normalized spacial score (nSPS) is 10.8. The Morgan fingerprint density at radius 3 is 2.88 bits per heavy atom. The lowest BCUT2D eigenvalue weighted by atomic mass is 10.0. The molecule has 0 aliphatic rings. The van der Waals surface area contributed by atoms with Crippen molar-refractivity contribution >= 4 is 11.6 Å². The Kier molecular flexibility index (Phi) is 3.22. The van der Waals surface area contributed by atoms with Gasteiger partial charge in [0.2, 0.25) is 0 Å². The summed E-state index contributed by atoms with van der Waals surface area (Å²) in [4.78, 5) is 8.20. The molecular formula is C11H15N5O. The van der Waals surface area contributed by atoms with E-state index in [-0.39, 0.29) is 5.92 Å². The van der Waals surface area contributed by atoms with Gasteiger partial charge < -0.3 is 15.6 Å². The van der Waals surface area contributed by atoms with Gasteiger partial charge in [-0.2, -0.15) is 0 Å². The molecule has 0 saturated carbocycles. The molecule has 6 nitrogen and oxygen atoms in total. The summed E-state index contributed by atoms with van der Waals surface area (Å²) in [5, 5.41) is 7.00. The summed E-state index contributed by atoms with van der Waals surface area (Å²) in [5.74, 6) is 1.52. The fourth-order valence-electron chi connectivity index (χ4n) is 1.62. The fourth-order valence-corrected chi connectivity index (χ4v) is 1.62. The van der Waals surface area contributed by atoms with Crippen molar-refractivity contribution in [3.63, 3.8) is 0 Å². The summed E-state index contributed by atoms with van der Waals surface area (Å²) in [6.07, 6.45) is 2.99. The number of anilines is 2. The van der Waals surface area contributed by atoms with Crippen molar-refractivity contribution in [3.05, 3.63) is 29.9 Å². The smallest absolute Gasteiger partial charge is 0.135 e. The van der Waals surface area contributed by atoms with Gasteiger partial charge >= 0.3 is 0 Å². The second kappa shape index (κ2) is 4.82. The first-order chi connectivity index (χ1) is 8.18. The Morgan fingerprint density at radius 1 is 1.41 bits per heavy atom. The molecule has 3 N–H and O–H groups in total. The molecular weight excluding hydrogens is 218 g/mol. The number of rotatable bonds is 4. The third-order valence-corrected chi connectivity index (χ3v) is 2.42. The highest BCUT2D eigenvalue weighted by Gasteiger charge is 2.12. The zero-order chi connectivity index (χ0) is 12.3. The molecule has 0 fully saturated rings. The maximum absolute atomic E-state index is 5.85. The van der Waals surface area contributed by atoms with Crippen LogP contribution in [-0.2, 0) is 6.54 Å². The van der Waals surface area contributed by atoms with E-state index in [0.717, 1.165) is 17.1 Å². The number of aromatic nitrogens is 3. The average molecular weight is 233 g/mol. The van der Waals surface area contributed by atoms with Crippen LogP contribution in [0, 0.1) is 0 Å². The van der Waals surface area contributed by atoms with Gasteiger partial charge in [0, 0.05) is 11.6 Å². The number of nitrogens with zero attached hydrogens (tertiary/aromatic N) is 3. The lowest BCUT2D eigenvalue weighted by Crippen LogP contribution is -2.09. The number of nitrogen functional groups attached to an aromatic ring is 1. The summed E-state index contributed by atoms with van der Waals surface area (Å²) in [7, 11) is 0. The van der Waals surface area contributed by atoms with Crippen LogP contribution in [0.25, 0.3) is 0 Å². The molecule has 90 valence electrons. The van der Waals surface area contributed by atoms with Gasteiger partial charge in [0.1, 0.15) is 29.9 Å². The summed E-state index contributed by atoms with van der Waals surface area (Å²) in [6.45, 7) is 4.65. The largest absolute Gasteiger partial charge is 0.383 e. The van der Waals surface area contributed by atoms with Crippen LogP contribution in [0.3, 0.4) is 0 Å². The van der Waals surface area contributed by atoms with E-state index < -0.39 is 0 Å². The zero-order valence-electron chi connectivity index (χ0n) is 9.84. The molecule has 0 spiro atoms. The Balaban J connectivity index is 2.18. The van der Waals surface area contributed by atoms with Gasteiger partial charge in [-0.25, -0.2) is 9.97 Å². The first-order valence-corrected chi connectivity index (χ1v) is 5.42. The van der Waals surface area contributed by atoms with Gasteiger partial charge in [0.15, 0.2) is 0 Å². The molecule has 0 amide bonds. The lowest BCUT2D eigenvalue weighted by molar-refractivity contribution is 0.412. The number of nitrogens with one attached hydrogen (secondary N) is 1. The van der Waals surface area contributed by atoms with Gasteiger partial charge in [-0.1, -0.05) is 19.0 Å². The Morgan fingerprint density at radius 2 is 2.24 bits per heavy atom. The van der Waals surface area contributed by atoms with Crippen molar-refractivity contribution in [1.29, 1.82) is 0 Å². The van der Waals surface area contributed by atoms with Crippen LogP contribution in [0.15, 0.2) is 23.2 Å². The van der Waals surface area contributed by atoms with E-state index in [1.165, 1.54) is 12.6 Å². The number of nitrogens with two attached hydrogens (primary N) is 1. The molecule has 0 atom stereocenters. The zero-order valence-corrected chi connectivity index (χ0v) is 9.84. The first kappa shape index (κ1) is 11.4. The van der Waals surface area contributed by atoms with Crippen molar-refractivity contribution in [3.8, 4) is 0 Å². The molecule has 6 heteroatoms. The van der Waals surface area contributed by atoms with E-state index in [4.69, 9.17) is 10.3 Å². The van der Waals surface area contributed by atoms with Crippen molar-refractivity contribution in [2.75, 3.05) is 11.1 Å². The second-order valence-electron chi connectivity index (χ2n) is 4.02. The van der Waals surface area contributed by atoms with Crippen LogP contribution in [0.4, 0.5) is 11.6 Å². The van der Waals surface area contributed by atoms with E-state index in [0.29, 0.717) is 12.4 Å². The van der Waals surface area contributed by atoms with Crippen LogP contribution in [0.5, 0.6) is 0 Å². The summed E-state index contributed by atoms with van der Waals surface area (Å²) in [6, 6.07) is 1.80. The highest BCUT2D eigenvalue weighted by Crippen LogP contribution is 2.26. The molecule has 2 rings (SSSR count).